The first-order valence-electron chi connectivity index (χ1n) is 7.79. The first-order valence-corrected chi connectivity index (χ1v) is 9.04. The number of anilines is 1. The fraction of sp³-hybridized carbons (Fsp3) is 0.111. The highest BCUT2D eigenvalue weighted by atomic mass is 35.5. The second kappa shape index (κ2) is 8.15. The SMILES string of the molecule is COc1ccc(Cc2nc(C(=O)Nc3ccc(Cl)c([N+](=O)[O-])c3)cs2)cc1. The molecule has 3 rings (SSSR count). The Bertz CT molecular complexity index is 989. The molecule has 2 aromatic carbocycles. The van der Waals surface area contributed by atoms with Crippen molar-refractivity contribution in [1.82, 2.24) is 4.98 Å². The number of methoxy groups -OCH3 is 1. The number of benzene rings is 2. The molecule has 0 aliphatic rings. The van der Waals surface area contributed by atoms with E-state index in [1.807, 2.05) is 24.3 Å². The van der Waals surface area contributed by atoms with Gasteiger partial charge in [-0.25, -0.2) is 4.98 Å². The highest BCUT2D eigenvalue weighted by Gasteiger charge is 2.16. The zero-order valence-corrected chi connectivity index (χ0v) is 15.7. The summed E-state index contributed by atoms with van der Waals surface area (Å²) in [6.45, 7) is 0. The Morgan fingerprint density at radius 2 is 2.04 bits per heavy atom. The van der Waals surface area contributed by atoms with E-state index in [4.69, 9.17) is 16.3 Å². The fourth-order valence-electron chi connectivity index (χ4n) is 2.34. The Kier molecular flexibility index (Phi) is 5.68. The number of ether oxygens (including phenoxy) is 1. The maximum absolute atomic E-state index is 12.3. The van der Waals surface area contributed by atoms with E-state index in [1.165, 1.54) is 29.5 Å². The highest BCUT2D eigenvalue weighted by molar-refractivity contribution is 7.09. The predicted octanol–water partition coefficient (Wildman–Crippen LogP) is 4.56. The largest absolute Gasteiger partial charge is 0.497 e. The third kappa shape index (κ3) is 4.60. The van der Waals surface area contributed by atoms with Crippen molar-refractivity contribution in [3.63, 3.8) is 0 Å². The number of hydrogen-bond acceptors (Lipinski definition) is 6. The lowest BCUT2D eigenvalue weighted by molar-refractivity contribution is -0.384. The van der Waals surface area contributed by atoms with Gasteiger partial charge in [0, 0.05) is 23.6 Å². The Labute approximate surface area is 163 Å². The number of aromatic nitrogens is 1. The second-order valence-corrected chi connectivity index (χ2v) is 6.88. The molecule has 9 heteroatoms. The third-order valence-corrected chi connectivity index (χ3v) is 4.87. The summed E-state index contributed by atoms with van der Waals surface area (Å²) < 4.78 is 5.13. The monoisotopic (exact) mass is 403 g/mol. The van der Waals surface area contributed by atoms with Gasteiger partial charge in [0.05, 0.1) is 17.0 Å². The van der Waals surface area contributed by atoms with E-state index in [9.17, 15) is 14.9 Å². The molecule has 1 heterocycles. The van der Waals surface area contributed by atoms with Crippen molar-refractivity contribution in [3.8, 4) is 5.75 Å². The van der Waals surface area contributed by atoms with Crippen molar-refractivity contribution in [2.24, 2.45) is 0 Å². The van der Waals surface area contributed by atoms with E-state index in [1.54, 1.807) is 12.5 Å². The van der Waals surface area contributed by atoms with Crippen LogP contribution in [0.25, 0.3) is 0 Å². The molecule has 3 aromatic rings. The molecule has 0 bridgehead atoms. The van der Waals surface area contributed by atoms with Crippen LogP contribution >= 0.6 is 22.9 Å². The molecule has 27 heavy (non-hydrogen) atoms. The van der Waals surface area contributed by atoms with Gasteiger partial charge in [-0.3, -0.25) is 14.9 Å². The molecule has 1 N–H and O–H groups in total. The van der Waals surface area contributed by atoms with Gasteiger partial charge in [0.1, 0.15) is 16.5 Å². The quantitative estimate of drug-likeness (QED) is 0.481. The summed E-state index contributed by atoms with van der Waals surface area (Å²) in [4.78, 5) is 27.0. The van der Waals surface area contributed by atoms with Gasteiger partial charge in [0.25, 0.3) is 11.6 Å². The molecule has 0 fully saturated rings. The van der Waals surface area contributed by atoms with Crippen LogP contribution in [0.4, 0.5) is 11.4 Å². The number of nitro benzene ring substituents is 1. The Hall–Kier alpha value is -2.97. The summed E-state index contributed by atoms with van der Waals surface area (Å²) in [5.74, 6) is 0.332. The second-order valence-electron chi connectivity index (χ2n) is 5.53. The summed E-state index contributed by atoms with van der Waals surface area (Å²) in [5, 5.41) is 16.0. The molecule has 1 amide bonds. The van der Waals surface area contributed by atoms with Gasteiger partial charge in [0.2, 0.25) is 0 Å². The van der Waals surface area contributed by atoms with E-state index < -0.39 is 10.8 Å². The first-order chi connectivity index (χ1) is 13.0. The smallest absolute Gasteiger partial charge is 0.289 e. The summed E-state index contributed by atoms with van der Waals surface area (Å²) >= 11 is 7.14. The van der Waals surface area contributed by atoms with Crippen LogP contribution in [0.5, 0.6) is 5.75 Å². The number of carbonyl (C=O) groups is 1. The molecule has 0 spiro atoms. The summed E-state index contributed by atoms with van der Waals surface area (Å²) in [7, 11) is 1.61. The molecular weight excluding hydrogens is 390 g/mol. The average molecular weight is 404 g/mol. The van der Waals surface area contributed by atoms with E-state index in [0.29, 0.717) is 6.42 Å². The molecule has 0 radical (unpaired) electrons. The average Bonchev–Trinajstić information content (AvgIpc) is 3.12. The number of carbonyl (C=O) groups excluding carboxylic acids is 1. The molecule has 0 saturated carbocycles. The molecule has 0 atom stereocenters. The van der Waals surface area contributed by atoms with Gasteiger partial charge in [-0.1, -0.05) is 23.7 Å². The van der Waals surface area contributed by atoms with Crippen molar-refractivity contribution >= 4 is 40.2 Å². The minimum absolute atomic E-state index is 0.00781. The number of halogens is 1. The molecular formula is C18H14ClN3O4S. The zero-order valence-electron chi connectivity index (χ0n) is 14.1. The van der Waals surface area contributed by atoms with Crippen molar-refractivity contribution < 1.29 is 14.5 Å². The van der Waals surface area contributed by atoms with E-state index in [0.717, 1.165) is 16.3 Å². The number of amides is 1. The van der Waals surface area contributed by atoms with Crippen LogP contribution in [0.1, 0.15) is 21.1 Å². The molecule has 0 saturated heterocycles. The number of nitrogens with one attached hydrogen (secondary N) is 1. The number of hydrogen-bond donors (Lipinski definition) is 1. The van der Waals surface area contributed by atoms with Crippen molar-refractivity contribution in [2.45, 2.75) is 6.42 Å². The summed E-state index contributed by atoms with van der Waals surface area (Å²) in [6.07, 6.45) is 0.592. The number of nitro groups is 1. The van der Waals surface area contributed by atoms with Crippen LogP contribution in [-0.2, 0) is 6.42 Å². The van der Waals surface area contributed by atoms with Crippen LogP contribution in [0.2, 0.25) is 5.02 Å². The minimum atomic E-state index is -0.603. The highest BCUT2D eigenvalue weighted by Crippen LogP contribution is 2.27. The van der Waals surface area contributed by atoms with E-state index in [2.05, 4.69) is 10.3 Å². The number of nitrogens with zero attached hydrogens (tertiary/aromatic N) is 2. The summed E-state index contributed by atoms with van der Waals surface area (Å²) in [6, 6.07) is 11.7. The maximum atomic E-state index is 12.3. The van der Waals surface area contributed by atoms with Gasteiger partial charge in [-0.05, 0) is 29.8 Å². The van der Waals surface area contributed by atoms with Crippen LogP contribution in [-0.4, -0.2) is 22.9 Å². The van der Waals surface area contributed by atoms with Crippen LogP contribution < -0.4 is 10.1 Å². The topological polar surface area (TPSA) is 94.4 Å². The molecule has 0 unspecified atom stereocenters. The van der Waals surface area contributed by atoms with E-state index in [-0.39, 0.29) is 22.1 Å². The van der Waals surface area contributed by atoms with Gasteiger partial charge in [0.15, 0.2) is 0 Å². The summed E-state index contributed by atoms with van der Waals surface area (Å²) in [5.41, 5.74) is 1.31. The van der Waals surface area contributed by atoms with Crippen LogP contribution in [0.3, 0.4) is 0 Å². The van der Waals surface area contributed by atoms with Gasteiger partial charge in [-0.15, -0.1) is 11.3 Å². The molecule has 7 nitrogen and oxygen atoms in total. The van der Waals surface area contributed by atoms with Crippen molar-refractivity contribution in [3.05, 3.63) is 79.2 Å². The molecule has 138 valence electrons. The molecule has 0 aliphatic heterocycles. The van der Waals surface area contributed by atoms with Crippen LogP contribution in [0, 0.1) is 10.1 Å². The van der Waals surface area contributed by atoms with Gasteiger partial charge in [-0.2, -0.15) is 0 Å². The standard InChI is InChI=1S/C18H14ClN3O4S/c1-26-13-5-2-11(3-6-13)8-17-21-15(10-27-17)18(23)20-12-4-7-14(19)16(9-12)22(24)25/h2-7,9-10H,8H2,1H3,(H,20,23). The molecule has 1 aromatic heterocycles. The van der Waals surface area contributed by atoms with Gasteiger partial charge < -0.3 is 10.1 Å². The molecule has 0 aliphatic carbocycles. The lowest BCUT2D eigenvalue weighted by Crippen LogP contribution is -2.12. The van der Waals surface area contributed by atoms with Gasteiger partial charge >= 0.3 is 0 Å². The lowest BCUT2D eigenvalue weighted by Gasteiger charge is -2.04. The number of rotatable bonds is 6. The third-order valence-electron chi connectivity index (χ3n) is 3.70. The van der Waals surface area contributed by atoms with Crippen molar-refractivity contribution in [2.75, 3.05) is 12.4 Å². The van der Waals surface area contributed by atoms with Crippen LogP contribution in [0.15, 0.2) is 47.8 Å². The first kappa shape index (κ1) is 18.8. The normalized spacial score (nSPS) is 10.4. The van der Waals surface area contributed by atoms with Crippen molar-refractivity contribution in [1.29, 1.82) is 0 Å². The maximum Gasteiger partial charge on any atom is 0.289 e. The predicted molar refractivity (Wildman–Crippen MR) is 104 cm³/mol. The number of thiazole rings is 1. The minimum Gasteiger partial charge on any atom is -0.497 e. The van der Waals surface area contributed by atoms with E-state index >= 15 is 0 Å². The zero-order chi connectivity index (χ0) is 19.4. The Balaban J connectivity index is 1.69. The Morgan fingerprint density at radius 1 is 1.30 bits per heavy atom. The Morgan fingerprint density at radius 3 is 2.70 bits per heavy atom. The fourth-order valence-corrected chi connectivity index (χ4v) is 3.33. The lowest BCUT2D eigenvalue weighted by atomic mass is 10.1.